The minimum atomic E-state index is -1.08. The Morgan fingerprint density at radius 3 is 0.438 bits per heavy atom. The molecule has 12 nitrogen and oxygen atoms in total. The maximum atomic E-state index is 8.89. The van der Waals surface area contributed by atoms with Crippen LogP contribution >= 0.6 is 0 Å². The molecule has 0 bridgehead atoms. The molecular formula is C16H32N4Na4O8. The van der Waals surface area contributed by atoms with Gasteiger partial charge < -0.3 is 60.9 Å². The van der Waals surface area contributed by atoms with Crippen molar-refractivity contribution in [3.05, 3.63) is 0 Å². The summed E-state index contributed by atoms with van der Waals surface area (Å²) in [5, 5.41) is 47.6. The van der Waals surface area contributed by atoms with E-state index in [1.807, 2.05) is 0 Å². The monoisotopic (exact) mass is 500 g/mol. The zero-order chi connectivity index (χ0) is 22.8. The average molecular weight is 500 g/mol. The van der Waals surface area contributed by atoms with Crippen LogP contribution in [0.3, 0.4) is 0 Å². The van der Waals surface area contributed by atoms with E-state index < -0.39 is 23.9 Å². The first-order valence-electron chi connectivity index (χ1n) is 8.46. The van der Waals surface area contributed by atoms with Crippen molar-refractivity contribution in [1.29, 1.82) is 0 Å². The van der Waals surface area contributed by atoms with Crippen molar-refractivity contribution in [2.75, 3.05) is 52.4 Å². The molecule has 168 valence electrons. The Morgan fingerprint density at radius 2 is 0.438 bits per heavy atom. The topological polar surface area (TPSA) is 248 Å². The van der Waals surface area contributed by atoms with E-state index in [4.69, 9.17) is 39.6 Å². The molecule has 0 spiro atoms. The van der Waals surface area contributed by atoms with Crippen molar-refractivity contribution in [1.82, 2.24) is 21.3 Å². The Morgan fingerprint density at radius 1 is 0.406 bits per heavy atom. The van der Waals surface area contributed by atoms with E-state index in [9.17, 15) is 0 Å². The predicted octanol–water partition coefficient (Wildman–Crippen LogP) is -18.6. The van der Waals surface area contributed by atoms with E-state index >= 15 is 0 Å². The Hall–Kier alpha value is 1.72. The zero-order valence-electron chi connectivity index (χ0n) is 20.9. The molecule has 16 heteroatoms. The number of aliphatic carboxylic acids is 4. The van der Waals surface area contributed by atoms with Gasteiger partial charge in [-0.05, 0) is 27.7 Å². The van der Waals surface area contributed by atoms with Crippen LogP contribution in [0.1, 0.15) is 27.7 Å². The number of rotatable bonds is 0. The molecule has 32 heavy (non-hydrogen) atoms. The number of hydrogen-bond donors (Lipinski definition) is 4. The summed E-state index contributed by atoms with van der Waals surface area (Å²) in [4.78, 5) is 35.6. The van der Waals surface area contributed by atoms with Crippen LogP contribution in [0.4, 0.5) is 0 Å². The molecule has 0 unspecified atom stereocenters. The van der Waals surface area contributed by atoms with Crippen LogP contribution in [0.25, 0.3) is 0 Å². The smallest absolute Gasteiger partial charge is 0.550 e. The van der Waals surface area contributed by atoms with Crippen LogP contribution in [0.5, 0.6) is 0 Å². The van der Waals surface area contributed by atoms with Crippen LogP contribution in [0, 0.1) is 0 Å². The van der Waals surface area contributed by atoms with Gasteiger partial charge in [0.05, 0.1) is 0 Å². The Balaban J connectivity index is -0.0000000337. The van der Waals surface area contributed by atoms with Gasteiger partial charge in [0, 0.05) is 76.2 Å². The van der Waals surface area contributed by atoms with E-state index in [2.05, 4.69) is 21.3 Å². The van der Waals surface area contributed by atoms with E-state index in [0.717, 1.165) is 27.7 Å². The van der Waals surface area contributed by atoms with Crippen molar-refractivity contribution in [3.63, 3.8) is 0 Å². The summed E-state index contributed by atoms with van der Waals surface area (Å²) in [7, 11) is 0. The SMILES string of the molecule is C1CN1.C1CN1.C1CN1.C1CN1.CC(=O)[O-].CC(=O)[O-].CC(=O)[O-].CC(=O)[O-].[Na+].[Na+].[Na+].[Na+]. The molecule has 4 heterocycles. The number of carbonyl (C=O) groups is 4. The number of carbonyl (C=O) groups excluding carboxylic acids is 4. The van der Waals surface area contributed by atoms with E-state index in [0.29, 0.717) is 0 Å². The molecule has 4 aliphatic heterocycles. The molecule has 0 aliphatic carbocycles. The van der Waals surface area contributed by atoms with Gasteiger partial charge >= 0.3 is 118 Å². The van der Waals surface area contributed by atoms with Gasteiger partial charge in [-0.15, -0.1) is 0 Å². The third-order valence-corrected chi connectivity index (χ3v) is 1.000. The first-order valence-corrected chi connectivity index (χ1v) is 8.46. The van der Waals surface area contributed by atoms with Crippen molar-refractivity contribution in [2.24, 2.45) is 0 Å². The number of carboxylic acid groups (broad SMARTS) is 4. The second-order valence-corrected chi connectivity index (χ2v) is 4.97. The summed E-state index contributed by atoms with van der Waals surface area (Å²) in [6, 6.07) is 0. The van der Waals surface area contributed by atoms with Crippen molar-refractivity contribution in [2.45, 2.75) is 27.7 Å². The quantitative estimate of drug-likeness (QED) is 0.179. The van der Waals surface area contributed by atoms with Crippen molar-refractivity contribution >= 4 is 23.9 Å². The van der Waals surface area contributed by atoms with Gasteiger partial charge in [-0.1, -0.05) is 0 Å². The Kier molecular flexibility index (Phi) is 84.9. The summed E-state index contributed by atoms with van der Waals surface area (Å²) in [6.07, 6.45) is 0. The van der Waals surface area contributed by atoms with Gasteiger partial charge in [0.15, 0.2) is 0 Å². The molecule has 0 atom stereocenters. The minimum absolute atomic E-state index is 0. The second kappa shape index (κ2) is 49.8. The zero-order valence-corrected chi connectivity index (χ0v) is 28.9. The van der Waals surface area contributed by atoms with Gasteiger partial charge in [0.2, 0.25) is 0 Å². The van der Waals surface area contributed by atoms with E-state index in [1.54, 1.807) is 0 Å². The fourth-order valence-electron chi connectivity index (χ4n) is 0. The molecule has 0 aromatic carbocycles. The van der Waals surface area contributed by atoms with Crippen LogP contribution in [0.2, 0.25) is 0 Å². The van der Waals surface area contributed by atoms with Gasteiger partial charge in [-0.25, -0.2) is 0 Å². The summed E-state index contributed by atoms with van der Waals surface area (Å²) >= 11 is 0. The van der Waals surface area contributed by atoms with Crippen LogP contribution < -0.4 is 160 Å². The Labute approximate surface area is 279 Å². The van der Waals surface area contributed by atoms with Crippen LogP contribution in [0.15, 0.2) is 0 Å². The summed E-state index contributed by atoms with van der Waals surface area (Å²) in [6.45, 7) is 13.9. The molecule has 4 saturated heterocycles. The fraction of sp³-hybridized carbons (Fsp3) is 0.750. The number of hydrogen-bond acceptors (Lipinski definition) is 12. The van der Waals surface area contributed by atoms with Gasteiger partial charge in [-0.3, -0.25) is 0 Å². The fourth-order valence-corrected chi connectivity index (χ4v) is 0. The minimum Gasteiger partial charge on any atom is -0.550 e. The van der Waals surface area contributed by atoms with Crippen LogP contribution in [-0.2, 0) is 19.2 Å². The molecule has 4 aliphatic rings. The predicted molar refractivity (Wildman–Crippen MR) is 94.2 cm³/mol. The normalized spacial score (nSPS) is 12.1. The Bertz CT molecular complexity index is 305. The molecule has 4 fully saturated rings. The summed E-state index contributed by atoms with van der Waals surface area (Å²) < 4.78 is 0. The van der Waals surface area contributed by atoms with E-state index in [-0.39, 0.29) is 118 Å². The maximum absolute atomic E-state index is 8.89. The molecular weight excluding hydrogens is 468 g/mol. The van der Waals surface area contributed by atoms with Crippen LogP contribution in [-0.4, -0.2) is 76.2 Å². The number of nitrogens with one attached hydrogen (secondary N) is 4. The average Bonchev–Trinajstić information content (AvgIpc) is 3.40. The number of carboxylic acids is 4. The molecule has 4 rings (SSSR count). The van der Waals surface area contributed by atoms with Gasteiger partial charge in [-0.2, -0.15) is 0 Å². The maximum Gasteiger partial charge on any atom is 1.00 e. The molecule has 0 amide bonds. The first-order chi connectivity index (χ1) is 12.9. The molecule has 0 aromatic heterocycles. The molecule has 4 N–H and O–H groups in total. The molecule has 0 radical (unpaired) electrons. The summed E-state index contributed by atoms with van der Waals surface area (Å²) in [5.41, 5.74) is 0. The van der Waals surface area contributed by atoms with Crippen molar-refractivity contribution in [3.8, 4) is 0 Å². The molecule has 0 saturated carbocycles. The van der Waals surface area contributed by atoms with E-state index in [1.165, 1.54) is 52.4 Å². The first kappa shape index (κ1) is 54.6. The third-order valence-electron chi connectivity index (χ3n) is 1.000. The largest absolute Gasteiger partial charge is 1.00 e. The van der Waals surface area contributed by atoms with Crippen molar-refractivity contribution < 1.29 is 158 Å². The van der Waals surface area contributed by atoms with Gasteiger partial charge in [0.1, 0.15) is 0 Å². The van der Waals surface area contributed by atoms with Gasteiger partial charge in [0.25, 0.3) is 0 Å². The summed E-state index contributed by atoms with van der Waals surface area (Å²) in [5.74, 6) is -4.33. The molecule has 0 aromatic rings. The standard InChI is InChI=1S/4C2H5N.4C2H4O2.4Na/c4*1-2-3-1;4*1-2(3)4;;;;/h4*3H,1-2H2;4*1H3,(H,3,4);;;;/q;;;;;;;;4*+1/p-4. The third kappa shape index (κ3) is 915. The second-order valence-electron chi connectivity index (χ2n) is 4.97.